The molecule has 1 fully saturated rings. The van der Waals surface area contributed by atoms with Crippen molar-refractivity contribution in [1.29, 1.82) is 0 Å². The second-order valence-corrected chi connectivity index (χ2v) is 9.02. The monoisotopic (exact) mass is 548 g/mol. The predicted molar refractivity (Wildman–Crippen MR) is 130 cm³/mol. The van der Waals surface area contributed by atoms with Gasteiger partial charge in [-0.3, -0.25) is 19.2 Å². The van der Waals surface area contributed by atoms with E-state index in [2.05, 4.69) is 16.0 Å². The van der Waals surface area contributed by atoms with Gasteiger partial charge in [-0.25, -0.2) is 4.79 Å². The summed E-state index contributed by atoms with van der Waals surface area (Å²) >= 11 is 0. The van der Waals surface area contributed by atoms with E-state index in [1.807, 2.05) is 6.92 Å². The number of hydrogen-bond acceptors (Lipinski definition) is 11. The van der Waals surface area contributed by atoms with Crippen LogP contribution in [0.2, 0.25) is 0 Å². The Morgan fingerprint density at radius 2 is 1.74 bits per heavy atom. The van der Waals surface area contributed by atoms with Gasteiger partial charge in [0.25, 0.3) is 0 Å². The molecule has 1 heterocycles. The Kier molecular flexibility index (Phi) is 14.1. The Hall–Kier alpha value is -2.85. The van der Waals surface area contributed by atoms with Crippen LogP contribution in [0.3, 0.4) is 0 Å². The normalized spacial score (nSPS) is 25.4. The Labute approximate surface area is 220 Å². The lowest BCUT2D eigenvalue weighted by Gasteiger charge is -2.43. The fraction of sp³-hybridized carbons (Fsp3) is 0.783. The number of ether oxygens (including phenoxy) is 3. The van der Waals surface area contributed by atoms with Crippen LogP contribution in [0, 0.1) is 0 Å². The van der Waals surface area contributed by atoms with E-state index in [9.17, 15) is 39.3 Å². The highest BCUT2D eigenvalue weighted by atomic mass is 16.6. The van der Waals surface area contributed by atoms with E-state index in [1.54, 1.807) is 0 Å². The van der Waals surface area contributed by atoms with Gasteiger partial charge in [-0.05, 0) is 26.7 Å². The third-order valence-corrected chi connectivity index (χ3v) is 5.75. The Morgan fingerprint density at radius 3 is 2.29 bits per heavy atom. The molecule has 0 aromatic rings. The van der Waals surface area contributed by atoms with Crippen molar-refractivity contribution in [3.63, 3.8) is 0 Å². The van der Waals surface area contributed by atoms with Gasteiger partial charge < -0.3 is 51.2 Å². The fourth-order valence-electron chi connectivity index (χ4n) is 3.58. The van der Waals surface area contributed by atoms with Crippen molar-refractivity contribution < 1.29 is 53.5 Å². The number of primary amides is 1. The molecule has 1 rings (SSSR count). The number of amides is 4. The minimum Gasteiger partial charge on any atom is -0.464 e. The summed E-state index contributed by atoms with van der Waals surface area (Å²) in [5, 5.41) is 37.3. The summed E-state index contributed by atoms with van der Waals surface area (Å²) in [6.45, 7) is 5.21. The average Bonchev–Trinajstić information content (AvgIpc) is 2.85. The Balaban J connectivity index is 2.83. The molecule has 8 N–H and O–H groups in total. The summed E-state index contributed by atoms with van der Waals surface area (Å²) in [4.78, 5) is 60.5. The minimum atomic E-state index is -1.64. The summed E-state index contributed by atoms with van der Waals surface area (Å²) in [6.07, 6.45) is -5.90. The van der Waals surface area contributed by atoms with Crippen LogP contribution in [0.1, 0.15) is 53.4 Å². The quantitative estimate of drug-likeness (QED) is 0.0801. The highest BCUT2D eigenvalue weighted by Crippen LogP contribution is 2.23. The maximum Gasteiger partial charge on any atom is 0.328 e. The molecule has 1 saturated heterocycles. The Morgan fingerprint density at radius 1 is 1.08 bits per heavy atom. The van der Waals surface area contributed by atoms with Crippen molar-refractivity contribution >= 4 is 29.6 Å². The number of nitrogens with two attached hydrogens (primary N) is 1. The second-order valence-electron chi connectivity index (χ2n) is 9.02. The van der Waals surface area contributed by atoms with E-state index < -0.39 is 85.0 Å². The van der Waals surface area contributed by atoms with Crippen LogP contribution in [0.15, 0.2) is 0 Å². The van der Waals surface area contributed by atoms with E-state index in [0.717, 1.165) is 6.42 Å². The van der Waals surface area contributed by atoms with E-state index >= 15 is 0 Å². The van der Waals surface area contributed by atoms with Crippen molar-refractivity contribution in [3.8, 4) is 0 Å². The molecule has 0 radical (unpaired) electrons. The molecule has 15 nitrogen and oxygen atoms in total. The van der Waals surface area contributed by atoms with Gasteiger partial charge in [-0.2, -0.15) is 0 Å². The molecule has 0 aromatic carbocycles. The lowest BCUT2D eigenvalue weighted by Crippen LogP contribution is -2.65. The van der Waals surface area contributed by atoms with Crippen molar-refractivity contribution in [2.45, 2.75) is 102 Å². The zero-order valence-electron chi connectivity index (χ0n) is 22.0. The molecule has 1 aliphatic rings. The highest BCUT2D eigenvalue weighted by Gasteiger charge is 2.47. The molecule has 0 aliphatic carbocycles. The average molecular weight is 549 g/mol. The lowest BCUT2D eigenvalue weighted by atomic mass is 9.96. The smallest absolute Gasteiger partial charge is 0.328 e. The molecule has 218 valence electrons. The molecule has 0 aromatic heterocycles. The van der Waals surface area contributed by atoms with Gasteiger partial charge in [0.15, 0.2) is 6.29 Å². The molecule has 0 bridgehead atoms. The van der Waals surface area contributed by atoms with E-state index in [4.69, 9.17) is 19.9 Å². The number of rotatable bonds is 15. The van der Waals surface area contributed by atoms with Gasteiger partial charge in [-0.1, -0.05) is 13.3 Å². The third kappa shape index (κ3) is 10.5. The third-order valence-electron chi connectivity index (χ3n) is 5.75. The molecule has 0 saturated carbocycles. The molecule has 4 amide bonds. The summed E-state index contributed by atoms with van der Waals surface area (Å²) in [5.74, 6) is -3.51. The van der Waals surface area contributed by atoms with Crippen molar-refractivity contribution in [3.05, 3.63) is 0 Å². The second kappa shape index (κ2) is 16.2. The van der Waals surface area contributed by atoms with Gasteiger partial charge in [0.2, 0.25) is 23.6 Å². The number of aliphatic hydroxyl groups excluding tert-OH is 3. The summed E-state index contributed by atoms with van der Waals surface area (Å²) < 4.78 is 15.8. The highest BCUT2D eigenvalue weighted by molar-refractivity contribution is 5.91. The van der Waals surface area contributed by atoms with Crippen molar-refractivity contribution in [2.75, 3.05) is 13.2 Å². The molecular weight excluding hydrogens is 508 g/mol. The molecule has 15 heteroatoms. The molecular formula is C23H40N4O11. The van der Waals surface area contributed by atoms with Gasteiger partial charge >= 0.3 is 5.97 Å². The molecule has 0 spiro atoms. The van der Waals surface area contributed by atoms with Crippen LogP contribution in [-0.4, -0.2) is 107 Å². The zero-order valence-corrected chi connectivity index (χ0v) is 22.0. The SMILES string of the molecule is CCCCOC(=O)[C@H](CCC(N)=O)NC(=O)[C@@H](C)NC(=O)[C@@H](C)O[C@H]1[C@H](O)[C@@H](CO)O[C@@H](O)[C@@H]1NC(C)=O. The zero-order chi connectivity index (χ0) is 29.0. The van der Waals surface area contributed by atoms with E-state index in [1.165, 1.54) is 20.8 Å². The van der Waals surface area contributed by atoms with Gasteiger partial charge in [0, 0.05) is 13.3 Å². The number of unbranched alkanes of at least 4 members (excludes halogenated alkanes) is 1. The number of nitrogens with one attached hydrogen (secondary N) is 3. The maximum atomic E-state index is 12.7. The number of carbonyl (C=O) groups is 5. The number of esters is 1. The standard InChI is InChI=1S/C23H40N4O11/c1-5-6-9-36-22(34)14(7-8-16(24)30)27-20(32)11(2)25-21(33)12(3)37-19-17(26-13(4)29)23(35)38-15(10-28)18(19)31/h11-12,14-15,17-19,23,28,31,35H,5-10H2,1-4H3,(H2,24,30)(H,25,33)(H,26,29)(H,27,32)/t11-,12-,14+,15-,17-,18-,19-,23-/m1/s1. The summed E-state index contributed by atoms with van der Waals surface area (Å²) in [6, 6.07) is -3.58. The first-order valence-corrected chi connectivity index (χ1v) is 12.4. The Bertz CT molecular complexity index is 827. The van der Waals surface area contributed by atoms with Gasteiger partial charge in [0.1, 0.15) is 42.5 Å². The van der Waals surface area contributed by atoms with E-state index in [-0.39, 0.29) is 19.4 Å². The first kappa shape index (κ1) is 33.2. The summed E-state index contributed by atoms with van der Waals surface area (Å²) in [5.41, 5.74) is 5.15. The largest absolute Gasteiger partial charge is 0.464 e. The first-order chi connectivity index (χ1) is 17.8. The summed E-state index contributed by atoms with van der Waals surface area (Å²) in [7, 11) is 0. The minimum absolute atomic E-state index is 0.0905. The topological polar surface area (TPSA) is 236 Å². The number of carbonyl (C=O) groups excluding carboxylic acids is 5. The van der Waals surface area contributed by atoms with Crippen LogP contribution in [0.4, 0.5) is 0 Å². The van der Waals surface area contributed by atoms with Crippen molar-refractivity contribution in [2.24, 2.45) is 5.73 Å². The van der Waals surface area contributed by atoms with Gasteiger partial charge in [-0.15, -0.1) is 0 Å². The molecule has 8 atom stereocenters. The molecule has 38 heavy (non-hydrogen) atoms. The predicted octanol–water partition coefficient (Wildman–Crippen LogP) is -3.07. The van der Waals surface area contributed by atoms with Crippen LogP contribution >= 0.6 is 0 Å². The fourth-order valence-corrected chi connectivity index (χ4v) is 3.58. The van der Waals surface area contributed by atoms with Crippen LogP contribution in [0.5, 0.6) is 0 Å². The van der Waals surface area contributed by atoms with Crippen molar-refractivity contribution in [1.82, 2.24) is 16.0 Å². The number of aliphatic hydroxyl groups is 3. The maximum absolute atomic E-state index is 12.7. The molecule has 1 aliphatic heterocycles. The van der Waals surface area contributed by atoms with E-state index in [0.29, 0.717) is 6.42 Å². The van der Waals surface area contributed by atoms with Crippen LogP contribution < -0.4 is 21.7 Å². The molecule has 0 unspecified atom stereocenters. The van der Waals surface area contributed by atoms with Crippen LogP contribution in [0.25, 0.3) is 0 Å². The number of hydrogen-bond donors (Lipinski definition) is 7. The first-order valence-electron chi connectivity index (χ1n) is 12.4. The van der Waals surface area contributed by atoms with Crippen LogP contribution in [-0.2, 0) is 38.2 Å². The lowest BCUT2D eigenvalue weighted by molar-refractivity contribution is -0.266. The van der Waals surface area contributed by atoms with Gasteiger partial charge in [0.05, 0.1) is 13.2 Å².